The van der Waals surface area contributed by atoms with E-state index in [2.05, 4.69) is 32.3 Å². The minimum atomic E-state index is -4.88. The number of thioether (sulfide) groups is 1. The van der Waals surface area contributed by atoms with E-state index in [4.69, 9.17) is 0 Å². The lowest BCUT2D eigenvalue weighted by atomic mass is 10.1. The largest absolute Gasteiger partial charge is 0.506 e. The first-order chi connectivity index (χ1) is 26.4. The molecule has 1 saturated heterocycles. The lowest BCUT2D eigenvalue weighted by molar-refractivity contribution is -0.137. The molecule has 1 aliphatic rings. The molecular weight excluding hydrogens is 756 g/mol. The van der Waals surface area contributed by atoms with E-state index in [1.165, 1.54) is 42.4 Å². The van der Waals surface area contributed by atoms with Crippen molar-refractivity contribution in [3.05, 3.63) is 131 Å². The smallest absolute Gasteiger partial charge is 0.418 e. The van der Waals surface area contributed by atoms with E-state index < -0.39 is 32.6 Å². The lowest BCUT2D eigenvalue weighted by Crippen LogP contribution is -2.49. The van der Waals surface area contributed by atoms with Gasteiger partial charge in [-0.15, -0.1) is 22.0 Å². The van der Waals surface area contributed by atoms with Crippen LogP contribution in [0.5, 0.6) is 5.75 Å². The minimum absolute atomic E-state index is 0.0222. The van der Waals surface area contributed by atoms with E-state index in [1.807, 2.05) is 35.2 Å². The van der Waals surface area contributed by atoms with Gasteiger partial charge in [0.2, 0.25) is 0 Å². The summed E-state index contributed by atoms with van der Waals surface area (Å²) in [6.45, 7) is 1.60. The van der Waals surface area contributed by atoms with Gasteiger partial charge in [-0.1, -0.05) is 42.2 Å². The van der Waals surface area contributed by atoms with Crippen molar-refractivity contribution in [1.29, 1.82) is 0 Å². The van der Waals surface area contributed by atoms with Gasteiger partial charge in [-0.3, -0.25) is 14.6 Å². The van der Waals surface area contributed by atoms with Crippen LogP contribution in [0.15, 0.2) is 113 Å². The molecular formula is C38H32F3N7O5S2. The fraction of sp³-hybridized carbons (Fsp3) is 0.184. The number of halogens is 3. The molecule has 3 aromatic carbocycles. The molecule has 0 atom stereocenters. The van der Waals surface area contributed by atoms with Crippen LogP contribution < -0.4 is 14.9 Å². The minimum Gasteiger partial charge on any atom is -0.506 e. The number of rotatable bonds is 10. The molecule has 1 fully saturated rings. The van der Waals surface area contributed by atoms with E-state index in [1.54, 1.807) is 33.9 Å². The van der Waals surface area contributed by atoms with Crippen LogP contribution in [0.25, 0.3) is 0 Å². The van der Waals surface area contributed by atoms with Gasteiger partial charge in [-0.25, -0.2) is 13.1 Å². The molecule has 0 bridgehead atoms. The van der Waals surface area contributed by atoms with Crippen molar-refractivity contribution >= 4 is 45.1 Å². The summed E-state index contributed by atoms with van der Waals surface area (Å²) >= 11 is 1.45. The van der Waals surface area contributed by atoms with Gasteiger partial charge < -0.3 is 20.2 Å². The molecule has 17 heteroatoms. The van der Waals surface area contributed by atoms with Gasteiger partial charge in [0.05, 0.1) is 22.2 Å². The number of alkyl halides is 3. The van der Waals surface area contributed by atoms with Crippen molar-refractivity contribution in [2.24, 2.45) is 0 Å². The number of hydrogen-bond acceptors (Lipinski definition) is 11. The number of nitrogens with zero attached hydrogens (tertiary/aromatic N) is 5. The Bertz CT molecular complexity index is 2350. The summed E-state index contributed by atoms with van der Waals surface area (Å²) in [6, 6.07) is 22.9. The van der Waals surface area contributed by atoms with Gasteiger partial charge in [-0.2, -0.15) is 13.2 Å². The summed E-state index contributed by atoms with van der Waals surface area (Å²) in [5.41, 5.74) is -0.442. The molecule has 0 saturated carbocycles. The monoisotopic (exact) mass is 787 g/mol. The topological polar surface area (TPSA) is 158 Å². The lowest BCUT2D eigenvalue weighted by Gasteiger charge is -2.35. The van der Waals surface area contributed by atoms with Crippen LogP contribution in [-0.4, -0.2) is 83.9 Å². The number of aromatic hydroxyl groups is 1. The molecule has 6 rings (SSSR count). The second-order valence-electron chi connectivity index (χ2n) is 12.0. The van der Waals surface area contributed by atoms with Gasteiger partial charge >= 0.3 is 6.18 Å². The van der Waals surface area contributed by atoms with Crippen molar-refractivity contribution in [3.8, 4) is 17.6 Å². The molecule has 5 aromatic rings. The third-order valence-corrected chi connectivity index (χ3v) is 10.6. The maximum atomic E-state index is 14.0. The summed E-state index contributed by atoms with van der Waals surface area (Å²) in [7, 11) is -4.73. The third-order valence-electron chi connectivity index (χ3n) is 8.26. The Morgan fingerprint density at radius 2 is 1.62 bits per heavy atom. The highest BCUT2D eigenvalue weighted by Crippen LogP contribution is 2.36. The summed E-state index contributed by atoms with van der Waals surface area (Å²) < 4.78 is 69.8. The third kappa shape index (κ3) is 9.90. The van der Waals surface area contributed by atoms with Crippen LogP contribution in [-0.2, 0) is 16.2 Å². The van der Waals surface area contributed by atoms with Crippen molar-refractivity contribution in [3.63, 3.8) is 0 Å². The number of amides is 2. The van der Waals surface area contributed by atoms with Crippen molar-refractivity contribution in [1.82, 2.24) is 24.8 Å². The Kier molecular flexibility index (Phi) is 11.9. The van der Waals surface area contributed by atoms with E-state index in [9.17, 15) is 36.3 Å². The molecule has 0 spiro atoms. The van der Waals surface area contributed by atoms with Crippen LogP contribution in [0.1, 0.15) is 37.5 Å². The van der Waals surface area contributed by atoms with Crippen molar-refractivity contribution in [2.75, 3.05) is 48.7 Å². The zero-order chi connectivity index (χ0) is 39.0. The van der Waals surface area contributed by atoms with Crippen molar-refractivity contribution in [2.45, 2.75) is 16.0 Å². The van der Waals surface area contributed by atoms with Gasteiger partial charge in [-0.05, 0) is 60.7 Å². The maximum absolute atomic E-state index is 14.0. The predicted molar refractivity (Wildman–Crippen MR) is 200 cm³/mol. The number of sulfonamides is 1. The average Bonchev–Trinajstić information content (AvgIpc) is 3.18. The Hall–Kier alpha value is -6.12. The van der Waals surface area contributed by atoms with E-state index in [-0.39, 0.29) is 29.6 Å². The average molecular weight is 788 g/mol. The number of benzene rings is 3. The fourth-order valence-electron chi connectivity index (χ4n) is 5.52. The van der Waals surface area contributed by atoms with Crippen molar-refractivity contribution < 1.29 is 36.3 Å². The first-order valence-electron chi connectivity index (χ1n) is 16.7. The fourth-order valence-corrected chi connectivity index (χ4v) is 7.30. The number of anilines is 2. The van der Waals surface area contributed by atoms with E-state index >= 15 is 0 Å². The number of hydrogen-bond donors (Lipinski definition) is 3. The molecule has 2 aromatic heterocycles. The number of piperazine rings is 1. The summed E-state index contributed by atoms with van der Waals surface area (Å²) in [4.78, 5) is 33.9. The SMILES string of the molecule is O=C(NS(=O)(=O)c1ccc(NCCSc2ccccc2)c(C(F)(F)F)c1)c1ccc(N2CCN(C(=O)c3ccccc3C#Cc3cncc(O)c3)CC2)nn1. The summed E-state index contributed by atoms with van der Waals surface area (Å²) in [5, 5.41) is 20.3. The van der Waals surface area contributed by atoms with Crippen LogP contribution in [0.2, 0.25) is 0 Å². The standard InChI is InChI=1S/C38H32F3N7O5S2/c39-38(40,41)32-23-30(12-13-33(32)43-16-21-54-29-7-2-1-3-8-29)55(52,53)46-36(50)34-14-15-35(45-44-34)47-17-19-48(20-18-47)37(51)31-9-5-4-6-27(31)11-10-26-22-28(49)25-42-24-26/h1-9,12-15,22-25,43,49H,16-21H2,(H,46,50). The number of nitrogens with one attached hydrogen (secondary N) is 2. The van der Waals surface area contributed by atoms with Gasteiger partial charge in [0, 0.05) is 66.4 Å². The molecule has 1 aliphatic heterocycles. The molecule has 0 radical (unpaired) electrons. The molecule has 12 nitrogen and oxygen atoms in total. The van der Waals surface area contributed by atoms with Gasteiger partial charge in [0.1, 0.15) is 5.75 Å². The first-order valence-corrected chi connectivity index (χ1v) is 19.2. The van der Waals surface area contributed by atoms with Crippen LogP contribution in [0.3, 0.4) is 0 Å². The Balaban J connectivity index is 1.05. The van der Waals surface area contributed by atoms with Gasteiger partial charge in [0.25, 0.3) is 21.8 Å². The first kappa shape index (κ1) is 38.6. The summed E-state index contributed by atoms with van der Waals surface area (Å²) in [5.74, 6) is 5.30. The molecule has 55 heavy (non-hydrogen) atoms. The molecule has 3 heterocycles. The predicted octanol–water partition coefficient (Wildman–Crippen LogP) is 5.28. The van der Waals surface area contributed by atoms with Crippen LogP contribution in [0.4, 0.5) is 24.7 Å². The van der Waals surface area contributed by atoms with Gasteiger partial charge in [0.15, 0.2) is 11.5 Å². The Morgan fingerprint density at radius 3 is 2.33 bits per heavy atom. The number of pyridine rings is 1. The Labute approximate surface area is 318 Å². The number of carbonyl (C=O) groups is 2. The van der Waals surface area contributed by atoms with E-state index in [0.29, 0.717) is 60.5 Å². The van der Waals surface area contributed by atoms with Crippen LogP contribution >= 0.6 is 11.8 Å². The zero-order valence-corrected chi connectivity index (χ0v) is 30.5. The highest BCUT2D eigenvalue weighted by Gasteiger charge is 2.35. The molecule has 0 aliphatic carbocycles. The zero-order valence-electron chi connectivity index (χ0n) is 28.8. The number of aromatic nitrogens is 3. The highest BCUT2D eigenvalue weighted by molar-refractivity contribution is 7.99. The molecule has 2 amide bonds. The summed E-state index contributed by atoms with van der Waals surface area (Å²) in [6.07, 6.45) is -2.08. The van der Waals surface area contributed by atoms with E-state index in [0.717, 1.165) is 17.0 Å². The Morgan fingerprint density at radius 1 is 0.873 bits per heavy atom. The van der Waals surface area contributed by atoms with Crippen LogP contribution in [0, 0.1) is 11.8 Å². The molecule has 0 unspecified atom stereocenters. The second kappa shape index (κ2) is 16.9. The number of carbonyl (C=O) groups excluding carboxylic acids is 2. The maximum Gasteiger partial charge on any atom is 0.418 e. The normalized spacial score (nSPS) is 13.1. The molecule has 3 N–H and O–H groups in total. The highest BCUT2D eigenvalue weighted by atomic mass is 32.2. The quantitative estimate of drug-likeness (QED) is 0.0962. The molecule has 282 valence electrons. The second-order valence-corrected chi connectivity index (χ2v) is 14.9.